The number of aryl methyl sites for hydroxylation is 1. The molecule has 39 heavy (non-hydrogen) atoms. The third kappa shape index (κ3) is 5.09. The lowest BCUT2D eigenvalue weighted by Gasteiger charge is -2.31. The predicted molar refractivity (Wildman–Crippen MR) is 140 cm³/mol. The van der Waals surface area contributed by atoms with Gasteiger partial charge in [0.15, 0.2) is 17.7 Å². The SMILES string of the molecule is CCCCOC[C@]12O[C@@H](n3cc(C)c(=O)n(COCc4ccccc4)c3=O)[C@H](C1OCCCC)n1nnnc12. The van der Waals surface area contributed by atoms with E-state index >= 15 is 0 Å². The molecule has 3 aromatic rings. The molecule has 1 aromatic carbocycles. The van der Waals surface area contributed by atoms with Crippen LogP contribution in [0.4, 0.5) is 0 Å². The van der Waals surface area contributed by atoms with E-state index in [1.165, 1.54) is 10.8 Å². The van der Waals surface area contributed by atoms with E-state index in [1.807, 2.05) is 30.3 Å². The molecule has 2 aliphatic rings. The highest BCUT2D eigenvalue weighted by molar-refractivity contribution is 5.21. The second-order valence-corrected chi connectivity index (χ2v) is 10.1. The number of tetrazole rings is 1. The van der Waals surface area contributed by atoms with E-state index in [0.29, 0.717) is 24.6 Å². The average molecular weight is 541 g/mol. The van der Waals surface area contributed by atoms with Crippen molar-refractivity contribution in [2.45, 2.75) is 83.8 Å². The molecule has 1 fully saturated rings. The summed E-state index contributed by atoms with van der Waals surface area (Å²) in [6.07, 6.45) is 3.97. The fourth-order valence-corrected chi connectivity index (χ4v) is 5.22. The molecule has 0 spiro atoms. The van der Waals surface area contributed by atoms with Crippen LogP contribution in [0.1, 0.15) is 68.8 Å². The zero-order valence-corrected chi connectivity index (χ0v) is 22.7. The molecule has 2 bridgehead atoms. The molecule has 210 valence electrons. The van der Waals surface area contributed by atoms with Gasteiger partial charge in [-0.05, 0) is 35.8 Å². The molecule has 0 amide bonds. The van der Waals surface area contributed by atoms with E-state index in [4.69, 9.17) is 18.9 Å². The maximum Gasteiger partial charge on any atom is 0.335 e. The highest BCUT2D eigenvalue weighted by Gasteiger charge is 2.67. The second kappa shape index (κ2) is 11.9. The number of unbranched alkanes of at least 4 members (excludes halogenated alkanes) is 2. The number of nitrogens with zero attached hydrogens (tertiary/aromatic N) is 6. The average Bonchev–Trinajstić information content (AvgIpc) is 3.61. The molecule has 12 heteroatoms. The summed E-state index contributed by atoms with van der Waals surface area (Å²) in [5.74, 6) is 0.519. The van der Waals surface area contributed by atoms with Gasteiger partial charge in [-0.3, -0.25) is 9.36 Å². The molecule has 0 saturated carbocycles. The quantitative estimate of drug-likeness (QED) is 0.284. The first-order valence-electron chi connectivity index (χ1n) is 13.6. The lowest BCUT2D eigenvalue weighted by molar-refractivity contribution is -0.165. The summed E-state index contributed by atoms with van der Waals surface area (Å²) >= 11 is 0. The predicted octanol–water partition coefficient (Wildman–Crippen LogP) is 2.46. The minimum absolute atomic E-state index is 0.185. The van der Waals surface area contributed by atoms with E-state index < -0.39 is 35.2 Å². The number of ether oxygens (including phenoxy) is 4. The van der Waals surface area contributed by atoms with Crippen LogP contribution in [0.5, 0.6) is 0 Å². The van der Waals surface area contributed by atoms with Crippen molar-refractivity contribution in [3.63, 3.8) is 0 Å². The third-order valence-electron chi connectivity index (χ3n) is 7.27. The van der Waals surface area contributed by atoms with Crippen LogP contribution in [0.25, 0.3) is 0 Å². The maximum absolute atomic E-state index is 13.7. The summed E-state index contributed by atoms with van der Waals surface area (Å²) in [6.45, 7) is 7.20. The maximum atomic E-state index is 13.7. The Bertz CT molecular complexity index is 1370. The van der Waals surface area contributed by atoms with Gasteiger partial charge in [-0.2, -0.15) is 0 Å². The summed E-state index contributed by atoms with van der Waals surface area (Å²) in [6, 6.07) is 9.06. The van der Waals surface area contributed by atoms with Crippen molar-refractivity contribution in [1.29, 1.82) is 0 Å². The Kier molecular flexibility index (Phi) is 8.36. The zero-order chi connectivity index (χ0) is 27.4. The van der Waals surface area contributed by atoms with Crippen LogP contribution in [-0.4, -0.2) is 55.3 Å². The lowest BCUT2D eigenvalue weighted by Crippen LogP contribution is -2.45. The number of hydrogen-bond acceptors (Lipinski definition) is 9. The highest BCUT2D eigenvalue weighted by Crippen LogP contribution is 2.56. The van der Waals surface area contributed by atoms with Gasteiger partial charge in [0.05, 0.1) is 13.2 Å². The largest absolute Gasteiger partial charge is 0.378 e. The van der Waals surface area contributed by atoms with Gasteiger partial charge in [-0.15, -0.1) is 5.10 Å². The van der Waals surface area contributed by atoms with E-state index in [2.05, 4.69) is 29.4 Å². The zero-order valence-electron chi connectivity index (χ0n) is 22.7. The molecule has 1 unspecified atom stereocenters. The van der Waals surface area contributed by atoms with Crippen LogP contribution in [0.15, 0.2) is 46.1 Å². The number of benzene rings is 1. The summed E-state index contributed by atoms with van der Waals surface area (Å²) in [5, 5.41) is 12.4. The van der Waals surface area contributed by atoms with Gasteiger partial charge in [0.1, 0.15) is 18.9 Å². The van der Waals surface area contributed by atoms with Crippen molar-refractivity contribution in [2.75, 3.05) is 19.8 Å². The molecular weight excluding hydrogens is 504 g/mol. The smallest absolute Gasteiger partial charge is 0.335 e. The molecular formula is C27H36N6O6. The summed E-state index contributed by atoms with van der Waals surface area (Å²) in [5.41, 5.74) is -0.710. The molecule has 0 N–H and O–H groups in total. The van der Waals surface area contributed by atoms with Crippen LogP contribution < -0.4 is 11.2 Å². The molecule has 2 aromatic heterocycles. The third-order valence-corrected chi connectivity index (χ3v) is 7.27. The van der Waals surface area contributed by atoms with Gasteiger partial charge in [0.2, 0.25) is 0 Å². The van der Waals surface area contributed by atoms with Gasteiger partial charge in [0, 0.05) is 25.0 Å². The topological polar surface area (TPSA) is 125 Å². The molecule has 2 aliphatic heterocycles. The first kappa shape index (κ1) is 27.4. The summed E-state index contributed by atoms with van der Waals surface area (Å²) < 4.78 is 29.0. The van der Waals surface area contributed by atoms with Crippen LogP contribution in [0.3, 0.4) is 0 Å². The highest BCUT2D eigenvalue weighted by atomic mass is 16.6. The fourth-order valence-electron chi connectivity index (χ4n) is 5.22. The van der Waals surface area contributed by atoms with Crippen molar-refractivity contribution in [1.82, 2.24) is 29.3 Å². The van der Waals surface area contributed by atoms with E-state index in [-0.39, 0.29) is 19.9 Å². The van der Waals surface area contributed by atoms with E-state index in [0.717, 1.165) is 35.8 Å². The fraction of sp³-hybridized carbons (Fsp3) is 0.593. The van der Waals surface area contributed by atoms with Crippen LogP contribution in [0.2, 0.25) is 0 Å². The van der Waals surface area contributed by atoms with Crippen molar-refractivity contribution >= 4 is 0 Å². The van der Waals surface area contributed by atoms with Gasteiger partial charge in [0.25, 0.3) is 5.56 Å². The number of aromatic nitrogens is 6. The minimum Gasteiger partial charge on any atom is -0.378 e. The normalized spacial score (nSPS) is 23.4. The molecule has 1 saturated heterocycles. The minimum atomic E-state index is -1.08. The molecule has 12 nitrogen and oxygen atoms in total. The van der Waals surface area contributed by atoms with Crippen LogP contribution in [-0.2, 0) is 37.9 Å². The number of fused-ring (bicyclic) bond motifs is 5. The molecule has 0 radical (unpaired) electrons. The van der Waals surface area contributed by atoms with Crippen LogP contribution >= 0.6 is 0 Å². The van der Waals surface area contributed by atoms with Gasteiger partial charge >= 0.3 is 5.69 Å². The van der Waals surface area contributed by atoms with Crippen LogP contribution in [0, 0.1) is 6.92 Å². The molecule has 4 heterocycles. The van der Waals surface area contributed by atoms with Crippen molar-refractivity contribution in [2.24, 2.45) is 0 Å². The Balaban J connectivity index is 1.47. The standard InChI is InChI=1S/C27H36N6O6/c1-4-6-13-36-17-27-22(38-14-7-5-2)21(33-25(27)28-29-30-33)24(39-27)31-15-19(3)23(34)32(26(31)35)18-37-16-20-11-9-8-10-12-20/h8-12,15,21-22,24H,4-7,13-14,16-18H2,1-3H3/t21-,22?,24+,27-/m0/s1. The Labute approximate surface area is 226 Å². The lowest BCUT2D eigenvalue weighted by atomic mass is 9.98. The van der Waals surface area contributed by atoms with E-state index in [1.54, 1.807) is 11.6 Å². The number of hydrogen-bond donors (Lipinski definition) is 0. The Hall–Kier alpha value is -3.19. The Morgan fingerprint density at radius 3 is 2.59 bits per heavy atom. The van der Waals surface area contributed by atoms with Crippen molar-refractivity contribution < 1.29 is 18.9 Å². The van der Waals surface area contributed by atoms with Crippen molar-refractivity contribution in [3.05, 3.63) is 74.3 Å². The van der Waals surface area contributed by atoms with Gasteiger partial charge in [-0.25, -0.2) is 14.0 Å². The van der Waals surface area contributed by atoms with Gasteiger partial charge in [-0.1, -0.05) is 57.0 Å². The second-order valence-electron chi connectivity index (χ2n) is 10.1. The van der Waals surface area contributed by atoms with Crippen molar-refractivity contribution in [3.8, 4) is 0 Å². The molecule has 0 aliphatic carbocycles. The molecule has 4 atom stereocenters. The molecule has 5 rings (SSSR count). The first-order valence-corrected chi connectivity index (χ1v) is 13.6. The van der Waals surface area contributed by atoms with E-state index in [9.17, 15) is 9.59 Å². The summed E-state index contributed by atoms with van der Waals surface area (Å²) in [7, 11) is 0. The number of rotatable bonds is 14. The first-order chi connectivity index (χ1) is 19.0. The Morgan fingerprint density at radius 1 is 1.05 bits per heavy atom. The van der Waals surface area contributed by atoms with Gasteiger partial charge < -0.3 is 18.9 Å². The summed E-state index contributed by atoms with van der Waals surface area (Å²) in [4.78, 5) is 26.7. The Morgan fingerprint density at radius 2 is 1.82 bits per heavy atom. The monoisotopic (exact) mass is 540 g/mol.